The first-order chi connectivity index (χ1) is 25.5. The first-order valence-electron chi connectivity index (χ1n) is 17.3. The third kappa shape index (κ3) is 10.4. The summed E-state index contributed by atoms with van der Waals surface area (Å²) >= 11 is 0. The van der Waals surface area contributed by atoms with Crippen molar-refractivity contribution < 1.29 is 37.8 Å². The number of anilines is 2. The number of nitrogens with zero attached hydrogens (tertiary/aromatic N) is 3. The van der Waals surface area contributed by atoms with Gasteiger partial charge in [0.25, 0.3) is 5.91 Å². The second-order valence-electron chi connectivity index (χ2n) is 12.2. The number of unbranched alkanes of at least 4 members (excludes halogenated alkanes) is 1. The number of carboxylic acids is 1. The fourth-order valence-electron chi connectivity index (χ4n) is 5.57. The maximum atomic E-state index is 14.9. The normalized spacial score (nSPS) is 12.2. The molecule has 17 heteroatoms. The molecule has 2 heterocycles. The second kappa shape index (κ2) is 19.2. The molecule has 0 bridgehead atoms. The Bertz CT molecular complexity index is 1920. The number of rotatable bonds is 20. The summed E-state index contributed by atoms with van der Waals surface area (Å²) in [7, 11) is 1.26. The molecule has 0 spiro atoms. The predicted molar refractivity (Wildman–Crippen MR) is 194 cm³/mol. The molecule has 0 aliphatic rings. The van der Waals surface area contributed by atoms with Gasteiger partial charge in [-0.25, -0.2) is 19.2 Å². The summed E-state index contributed by atoms with van der Waals surface area (Å²) in [5.41, 5.74) is 13.8. The van der Waals surface area contributed by atoms with Crippen LogP contribution >= 0.6 is 0 Å². The van der Waals surface area contributed by atoms with Gasteiger partial charge in [-0.2, -0.15) is 4.39 Å². The van der Waals surface area contributed by atoms with E-state index >= 15 is 0 Å². The van der Waals surface area contributed by atoms with Gasteiger partial charge in [-0.15, -0.1) is 0 Å². The molecule has 3 amide bonds. The Balaban J connectivity index is 1.27. The SMILES string of the molecule is CCc1cc(Nc2nccn3c(-c4ccc(OC)c(F)c4F)cnc23)ccc1C(=O)NCCCNC(=O)CC[C@H](NC(=O)[C@@H](N)CCCCN)C(=O)O. The standard InChI is InChI=1S/C36H45F2N9O6/c1-3-21-19-22(45-32-33-44-20-27(47(33)18-17-42-32)24-10-12-28(53-2)31(38)30(24)37)8-9-23(21)34(49)43-16-6-15-41-29(48)13-11-26(36(51)52)46-35(50)25(40)7-4-5-14-39/h8-10,12,17-20,25-26H,3-7,11,13-16,39-40H2,1-2H3,(H,41,48)(H,42,45)(H,43,49)(H,46,50)(H,51,52)/t25-,26-/m0/s1. The number of carbonyl (C=O) groups excluding carboxylic acids is 3. The van der Waals surface area contributed by atoms with Gasteiger partial charge in [0.2, 0.25) is 17.6 Å². The zero-order valence-electron chi connectivity index (χ0n) is 29.6. The maximum Gasteiger partial charge on any atom is 0.326 e. The van der Waals surface area contributed by atoms with Crippen LogP contribution in [0.25, 0.3) is 16.9 Å². The number of carbonyl (C=O) groups is 4. The average molecular weight is 738 g/mol. The summed E-state index contributed by atoms with van der Waals surface area (Å²) < 4.78 is 35.8. The zero-order chi connectivity index (χ0) is 38.5. The Hall–Kier alpha value is -5.68. The molecule has 2 aromatic heterocycles. The topological polar surface area (TPSA) is 228 Å². The van der Waals surface area contributed by atoms with Crippen LogP contribution in [0.5, 0.6) is 5.75 Å². The van der Waals surface area contributed by atoms with Crippen LogP contribution in [0, 0.1) is 11.6 Å². The number of benzene rings is 2. The highest BCUT2D eigenvalue weighted by Crippen LogP contribution is 2.31. The van der Waals surface area contributed by atoms with Gasteiger partial charge in [-0.3, -0.25) is 18.8 Å². The number of aromatic nitrogens is 3. The van der Waals surface area contributed by atoms with Gasteiger partial charge < -0.3 is 42.6 Å². The highest BCUT2D eigenvalue weighted by Gasteiger charge is 2.24. The molecular weight excluding hydrogens is 692 g/mol. The number of fused-ring (bicyclic) bond motifs is 1. The third-order valence-electron chi connectivity index (χ3n) is 8.51. The lowest BCUT2D eigenvalue weighted by atomic mass is 10.0. The van der Waals surface area contributed by atoms with E-state index in [9.17, 15) is 33.1 Å². The first-order valence-corrected chi connectivity index (χ1v) is 17.3. The molecule has 0 aliphatic heterocycles. The molecule has 284 valence electrons. The minimum absolute atomic E-state index is 0.00132. The van der Waals surface area contributed by atoms with E-state index in [1.807, 2.05) is 13.0 Å². The van der Waals surface area contributed by atoms with Crippen molar-refractivity contribution in [1.82, 2.24) is 30.3 Å². The quantitative estimate of drug-likeness (QED) is 0.0653. The van der Waals surface area contributed by atoms with E-state index in [4.69, 9.17) is 16.2 Å². The molecule has 0 unspecified atom stereocenters. The molecule has 2 aromatic carbocycles. The number of aryl methyl sites for hydroxylation is 1. The molecule has 2 atom stereocenters. The number of hydrogen-bond acceptors (Lipinski definition) is 10. The molecule has 9 N–H and O–H groups in total. The summed E-state index contributed by atoms with van der Waals surface area (Å²) in [6, 6.07) is 5.84. The lowest BCUT2D eigenvalue weighted by Crippen LogP contribution is -2.48. The number of methoxy groups -OCH3 is 1. The predicted octanol–water partition coefficient (Wildman–Crippen LogP) is 3.03. The highest BCUT2D eigenvalue weighted by molar-refractivity contribution is 5.96. The van der Waals surface area contributed by atoms with Gasteiger partial charge in [-0.1, -0.05) is 13.3 Å². The number of hydrogen-bond donors (Lipinski definition) is 7. The average Bonchev–Trinajstić information content (AvgIpc) is 3.58. The third-order valence-corrected chi connectivity index (χ3v) is 8.51. The minimum Gasteiger partial charge on any atom is -0.494 e. The summed E-state index contributed by atoms with van der Waals surface area (Å²) in [4.78, 5) is 58.0. The smallest absolute Gasteiger partial charge is 0.326 e. The molecule has 0 fully saturated rings. The van der Waals surface area contributed by atoms with Gasteiger partial charge >= 0.3 is 5.97 Å². The van der Waals surface area contributed by atoms with E-state index in [-0.39, 0.29) is 49.1 Å². The molecule has 4 aromatic rings. The van der Waals surface area contributed by atoms with Crippen LogP contribution in [-0.4, -0.2) is 82.0 Å². The van der Waals surface area contributed by atoms with E-state index in [1.165, 1.54) is 31.6 Å². The molecule has 4 rings (SSSR count). The van der Waals surface area contributed by atoms with Crippen molar-refractivity contribution in [1.29, 1.82) is 0 Å². The summed E-state index contributed by atoms with van der Waals surface area (Å²) in [5, 5.41) is 20.6. The van der Waals surface area contributed by atoms with Crippen molar-refractivity contribution in [3.05, 3.63) is 71.7 Å². The Morgan fingerprint density at radius 2 is 1.77 bits per heavy atom. The number of halogens is 2. The fourth-order valence-corrected chi connectivity index (χ4v) is 5.57. The van der Waals surface area contributed by atoms with E-state index in [0.29, 0.717) is 67.1 Å². The number of ether oxygens (including phenoxy) is 1. The first kappa shape index (κ1) is 40.1. The monoisotopic (exact) mass is 737 g/mol. The van der Waals surface area contributed by atoms with Crippen LogP contribution in [0.2, 0.25) is 0 Å². The number of imidazole rings is 1. The Kier molecular flexibility index (Phi) is 14.6. The molecule has 0 radical (unpaired) electrons. The Morgan fingerprint density at radius 3 is 2.49 bits per heavy atom. The van der Waals surface area contributed by atoms with Gasteiger partial charge in [0.1, 0.15) is 6.04 Å². The van der Waals surface area contributed by atoms with Gasteiger partial charge in [0.15, 0.2) is 23.0 Å². The maximum absolute atomic E-state index is 14.9. The van der Waals surface area contributed by atoms with Gasteiger partial charge in [-0.05, 0) is 74.5 Å². The van der Waals surface area contributed by atoms with Gasteiger partial charge in [0, 0.05) is 48.7 Å². The fraction of sp³-hybridized carbons (Fsp3) is 0.389. The Labute approximate surface area is 304 Å². The van der Waals surface area contributed by atoms with Crippen LogP contribution < -0.4 is 37.5 Å². The molecular formula is C36H45F2N9O6. The van der Waals surface area contributed by atoms with Crippen molar-refractivity contribution >= 4 is 40.8 Å². The second-order valence-corrected chi connectivity index (χ2v) is 12.2. The molecule has 0 saturated heterocycles. The van der Waals surface area contributed by atoms with E-state index in [2.05, 4.69) is 31.2 Å². The number of carboxylic acid groups (broad SMARTS) is 1. The van der Waals surface area contributed by atoms with Crippen LogP contribution in [0.3, 0.4) is 0 Å². The highest BCUT2D eigenvalue weighted by atomic mass is 19.2. The van der Waals surface area contributed by atoms with Crippen molar-refractivity contribution in [2.75, 3.05) is 32.1 Å². The molecule has 15 nitrogen and oxygen atoms in total. The summed E-state index contributed by atoms with van der Waals surface area (Å²) in [6.07, 6.45) is 6.96. The van der Waals surface area contributed by atoms with E-state index in [1.54, 1.807) is 22.7 Å². The number of aliphatic carboxylic acids is 1. The van der Waals surface area contributed by atoms with Crippen molar-refractivity contribution in [3.8, 4) is 17.0 Å². The number of nitrogens with one attached hydrogen (secondary N) is 4. The molecule has 0 aliphatic carbocycles. The minimum atomic E-state index is -1.26. The Morgan fingerprint density at radius 1 is 1.00 bits per heavy atom. The van der Waals surface area contributed by atoms with E-state index in [0.717, 1.165) is 5.56 Å². The van der Waals surface area contributed by atoms with Crippen LogP contribution in [0.4, 0.5) is 20.3 Å². The lowest BCUT2D eigenvalue weighted by molar-refractivity contribution is -0.142. The molecule has 0 saturated carbocycles. The lowest BCUT2D eigenvalue weighted by Gasteiger charge is -2.17. The molecule has 53 heavy (non-hydrogen) atoms. The number of amides is 3. The number of nitrogens with two attached hydrogens (primary N) is 2. The summed E-state index contributed by atoms with van der Waals surface area (Å²) in [6.45, 7) is 2.89. The van der Waals surface area contributed by atoms with Crippen molar-refractivity contribution in [2.45, 2.75) is 64.0 Å². The van der Waals surface area contributed by atoms with Crippen LogP contribution in [-0.2, 0) is 20.8 Å². The van der Waals surface area contributed by atoms with Crippen molar-refractivity contribution in [3.63, 3.8) is 0 Å². The van der Waals surface area contributed by atoms with Gasteiger partial charge in [0.05, 0.1) is 25.0 Å². The van der Waals surface area contributed by atoms with E-state index < -0.39 is 35.6 Å². The summed E-state index contributed by atoms with van der Waals surface area (Å²) in [5.74, 6) is -4.56. The largest absolute Gasteiger partial charge is 0.494 e. The van der Waals surface area contributed by atoms with Crippen LogP contribution in [0.15, 0.2) is 48.9 Å². The zero-order valence-corrected chi connectivity index (χ0v) is 29.6. The van der Waals surface area contributed by atoms with Crippen LogP contribution in [0.1, 0.15) is 61.4 Å². The van der Waals surface area contributed by atoms with Crippen molar-refractivity contribution in [2.24, 2.45) is 11.5 Å².